The average molecular weight is 333 g/mol. The Morgan fingerprint density at radius 2 is 1.91 bits per heavy atom. The second-order valence-corrected chi connectivity index (χ2v) is 5.54. The molecule has 2 rings (SSSR count). The highest BCUT2D eigenvalue weighted by Gasteiger charge is 2.42. The molecule has 1 amide bonds. The Kier molecular flexibility index (Phi) is 6.02. The fraction of sp³-hybridized carbons (Fsp3) is 0.533. The summed E-state index contributed by atoms with van der Waals surface area (Å²) in [5.41, 5.74) is 5.18. The topological polar surface area (TPSA) is 73.6 Å². The van der Waals surface area contributed by atoms with Crippen molar-refractivity contribution in [3.8, 4) is 11.5 Å². The van der Waals surface area contributed by atoms with Gasteiger partial charge in [0.1, 0.15) is 5.82 Å². The summed E-state index contributed by atoms with van der Waals surface area (Å²) in [4.78, 5) is 12.3. The minimum Gasteiger partial charge on any atom is -0.493 e. The Morgan fingerprint density at radius 1 is 1.36 bits per heavy atom. The maximum atomic E-state index is 14.1. The van der Waals surface area contributed by atoms with E-state index >= 15 is 0 Å². The largest absolute Gasteiger partial charge is 0.493 e. The number of methoxy groups -OCH3 is 2. The zero-order valence-electron chi connectivity index (χ0n) is 12.9. The molecule has 0 aromatic heterocycles. The molecule has 1 aromatic rings. The van der Waals surface area contributed by atoms with E-state index in [4.69, 9.17) is 15.2 Å². The summed E-state index contributed by atoms with van der Waals surface area (Å²) in [7, 11) is 2.85. The molecule has 0 heterocycles. The lowest BCUT2D eigenvalue weighted by atomic mass is 9.95. The van der Waals surface area contributed by atoms with Crippen molar-refractivity contribution in [2.45, 2.75) is 25.3 Å². The van der Waals surface area contributed by atoms with Gasteiger partial charge in [-0.3, -0.25) is 4.79 Å². The number of amides is 1. The first-order valence-corrected chi connectivity index (χ1v) is 6.89. The maximum absolute atomic E-state index is 14.1. The van der Waals surface area contributed by atoms with Crippen LogP contribution < -0.4 is 20.5 Å². The van der Waals surface area contributed by atoms with E-state index in [0.29, 0.717) is 18.2 Å². The van der Waals surface area contributed by atoms with Gasteiger partial charge in [-0.15, -0.1) is 12.4 Å². The van der Waals surface area contributed by atoms with Gasteiger partial charge in [-0.2, -0.15) is 0 Å². The van der Waals surface area contributed by atoms with Crippen LogP contribution in [0, 0.1) is 11.7 Å². The standard InChI is InChI=1S/C15H21FN2O3.ClH/c1-15(8-17,9-4-5-9)18-14(19)10-6-12(20-2)13(21-3)7-11(10)16;/h6-7,9H,4-5,8,17H2,1-3H3,(H,18,19);1H. The van der Waals surface area contributed by atoms with E-state index < -0.39 is 17.3 Å². The van der Waals surface area contributed by atoms with Crippen LogP contribution in [0.3, 0.4) is 0 Å². The fourth-order valence-corrected chi connectivity index (χ4v) is 2.40. The molecule has 1 fully saturated rings. The highest BCUT2D eigenvalue weighted by atomic mass is 35.5. The summed E-state index contributed by atoms with van der Waals surface area (Å²) >= 11 is 0. The molecular formula is C15H22ClFN2O3. The molecule has 0 spiro atoms. The smallest absolute Gasteiger partial charge is 0.254 e. The molecule has 0 bridgehead atoms. The summed E-state index contributed by atoms with van der Waals surface area (Å²) < 4.78 is 24.2. The van der Waals surface area contributed by atoms with Gasteiger partial charge < -0.3 is 20.5 Å². The normalized spacial score (nSPS) is 16.2. The Hall–Kier alpha value is -1.53. The number of nitrogens with two attached hydrogens (primary N) is 1. The molecule has 0 aliphatic heterocycles. The molecular weight excluding hydrogens is 311 g/mol. The number of carbonyl (C=O) groups excluding carboxylic acids is 1. The molecule has 1 unspecified atom stereocenters. The van der Waals surface area contributed by atoms with Crippen LogP contribution in [0.15, 0.2) is 12.1 Å². The highest BCUT2D eigenvalue weighted by molar-refractivity contribution is 5.95. The first-order valence-electron chi connectivity index (χ1n) is 6.89. The van der Waals surface area contributed by atoms with E-state index in [1.54, 1.807) is 0 Å². The molecule has 1 atom stereocenters. The molecule has 1 aliphatic rings. The number of halogens is 2. The van der Waals surface area contributed by atoms with Crippen molar-refractivity contribution in [3.63, 3.8) is 0 Å². The second-order valence-electron chi connectivity index (χ2n) is 5.54. The summed E-state index contributed by atoms with van der Waals surface area (Å²) in [6.07, 6.45) is 2.06. The van der Waals surface area contributed by atoms with Crippen LogP contribution >= 0.6 is 12.4 Å². The van der Waals surface area contributed by atoms with Gasteiger partial charge in [0.05, 0.1) is 25.3 Å². The third-order valence-electron chi connectivity index (χ3n) is 4.02. The lowest BCUT2D eigenvalue weighted by Gasteiger charge is -2.29. The monoisotopic (exact) mass is 332 g/mol. The van der Waals surface area contributed by atoms with E-state index in [9.17, 15) is 9.18 Å². The average Bonchev–Trinajstić information content (AvgIpc) is 3.31. The van der Waals surface area contributed by atoms with Crippen LogP contribution in [0.25, 0.3) is 0 Å². The van der Waals surface area contributed by atoms with Crippen molar-refractivity contribution >= 4 is 18.3 Å². The molecule has 3 N–H and O–H groups in total. The van der Waals surface area contributed by atoms with E-state index in [2.05, 4.69) is 5.32 Å². The fourth-order valence-electron chi connectivity index (χ4n) is 2.40. The molecule has 1 aromatic carbocycles. The number of hydrogen-bond donors (Lipinski definition) is 2. The zero-order valence-corrected chi connectivity index (χ0v) is 13.8. The molecule has 0 radical (unpaired) electrons. The molecule has 22 heavy (non-hydrogen) atoms. The van der Waals surface area contributed by atoms with Gasteiger partial charge in [-0.1, -0.05) is 0 Å². The Labute approximate surface area is 135 Å². The van der Waals surface area contributed by atoms with E-state index in [0.717, 1.165) is 18.9 Å². The van der Waals surface area contributed by atoms with E-state index in [-0.39, 0.29) is 23.7 Å². The SMILES string of the molecule is COc1cc(F)c(C(=O)NC(C)(CN)C2CC2)cc1OC.Cl. The van der Waals surface area contributed by atoms with Crippen molar-refractivity contribution in [1.82, 2.24) is 5.32 Å². The van der Waals surface area contributed by atoms with Gasteiger partial charge in [0, 0.05) is 12.6 Å². The predicted molar refractivity (Wildman–Crippen MR) is 84.4 cm³/mol. The Balaban J connectivity index is 0.00000242. The number of nitrogens with one attached hydrogen (secondary N) is 1. The van der Waals surface area contributed by atoms with Gasteiger partial charge >= 0.3 is 0 Å². The lowest BCUT2D eigenvalue weighted by molar-refractivity contribution is 0.0893. The number of carbonyl (C=O) groups is 1. The van der Waals surface area contributed by atoms with Crippen molar-refractivity contribution in [3.05, 3.63) is 23.5 Å². The zero-order chi connectivity index (χ0) is 15.6. The van der Waals surface area contributed by atoms with Crippen LogP contribution in [0.5, 0.6) is 11.5 Å². The minimum absolute atomic E-state index is 0. The Bertz CT molecular complexity index is 552. The number of ether oxygens (including phenoxy) is 2. The molecule has 1 aliphatic carbocycles. The van der Waals surface area contributed by atoms with Gasteiger partial charge in [0.25, 0.3) is 5.91 Å². The maximum Gasteiger partial charge on any atom is 0.254 e. The third-order valence-corrected chi connectivity index (χ3v) is 4.02. The molecule has 7 heteroatoms. The van der Waals surface area contributed by atoms with Crippen LogP contribution in [-0.4, -0.2) is 32.2 Å². The number of rotatable bonds is 6. The molecule has 124 valence electrons. The molecule has 0 saturated heterocycles. The van der Waals surface area contributed by atoms with Crippen molar-refractivity contribution in [2.24, 2.45) is 11.7 Å². The minimum atomic E-state index is -0.652. The lowest BCUT2D eigenvalue weighted by Crippen LogP contribution is -2.53. The van der Waals surface area contributed by atoms with E-state index in [1.807, 2.05) is 6.92 Å². The van der Waals surface area contributed by atoms with Gasteiger partial charge in [-0.25, -0.2) is 4.39 Å². The quantitative estimate of drug-likeness (QED) is 0.837. The van der Waals surface area contributed by atoms with Gasteiger partial charge in [-0.05, 0) is 31.7 Å². The number of hydrogen-bond acceptors (Lipinski definition) is 4. The predicted octanol–water partition coefficient (Wildman–Crippen LogP) is 2.12. The first kappa shape index (κ1) is 18.5. The molecule has 1 saturated carbocycles. The van der Waals surface area contributed by atoms with Crippen LogP contribution in [0.4, 0.5) is 4.39 Å². The van der Waals surface area contributed by atoms with Crippen molar-refractivity contribution < 1.29 is 18.7 Å². The van der Waals surface area contributed by atoms with Gasteiger partial charge in [0.15, 0.2) is 11.5 Å². The van der Waals surface area contributed by atoms with Crippen LogP contribution in [0.1, 0.15) is 30.1 Å². The van der Waals surface area contributed by atoms with Gasteiger partial charge in [0.2, 0.25) is 0 Å². The second kappa shape index (κ2) is 7.15. The molecule has 5 nitrogen and oxygen atoms in total. The summed E-state index contributed by atoms with van der Waals surface area (Å²) in [5.74, 6) is -0.233. The van der Waals surface area contributed by atoms with E-state index in [1.165, 1.54) is 20.3 Å². The highest BCUT2D eigenvalue weighted by Crippen LogP contribution is 2.39. The summed E-state index contributed by atoms with van der Waals surface area (Å²) in [5, 5.41) is 2.85. The van der Waals surface area contributed by atoms with Crippen LogP contribution in [-0.2, 0) is 0 Å². The first-order chi connectivity index (χ1) is 9.95. The summed E-state index contributed by atoms with van der Waals surface area (Å²) in [6, 6.07) is 2.48. The van der Waals surface area contributed by atoms with Crippen molar-refractivity contribution in [1.29, 1.82) is 0 Å². The van der Waals surface area contributed by atoms with Crippen molar-refractivity contribution in [2.75, 3.05) is 20.8 Å². The Morgan fingerprint density at radius 3 is 2.36 bits per heavy atom. The third kappa shape index (κ3) is 3.62. The number of benzene rings is 1. The summed E-state index contributed by atoms with van der Waals surface area (Å²) in [6.45, 7) is 2.21. The van der Waals surface area contributed by atoms with Crippen LogP contribution in [0.2, 0.25) is 0 Å².